The fourth-order valence-corrected chi connectivity index (χ4v) is 3.28. The zero-order valence-electron chi connectivity index (χ0n) is 10.8. The monoisotopic (exact) mass is 229 g/mol. The van der Waals surface area contributed by atoms with Crippen LogP contribution in [0.25, 0.3) is 0 Å². The first-order valence-corrected chi connectivity index (χ1v) is 7.11. The lowest BCUT2D eigenvalue weighted by molar-refractivity contribution is 0.405. The van der Waals surface area contributed by atoms with Crippen molar-refractivity contribution in [2.45, 2.75) is 44.9 Å². The van der Waals surface area contributed by atoms with Crippen LogP contribution in [0, 0.1) is 5.41 Å². The predicted octanol–water partition coefficient (Wildman–Crippen LogP) is 3.50. The molecule has 0 aliphatic heterocycles. The van der Waals surface area contributed by atoms with Gasteiger partial charge in [-0.05, 0) is 42.2 Å². The molecule has 0 radical (unpaired) electrons. The average molecular weight is 229 g/mol. The molecule has 2 aliphatic carbocycles. The third-order valence-electron chi connectivity index (χ3n) is 4.59. The molecule has 0 heterocycles. The summed E-state index contributed by atoms with van der Waals surface area (Å²) in [7, 11) is 0. The standard InChI is InChI=1S/C16H23N/c1-2-7-16(8-9-16)12-17-11-14-10-13-5-3-4-6-15(13)14/h3-6,14,17H,2,7-12H2,1H3. The van der Waals surface area contributed by atoms with Crippen molar-refractivity contribution in [1.29, 1.82) is 0 Å². The Morgan fingerprint density at radius 2 is 2.12 bits per heavy atom. The number of fused-ring (bicyclic) bond motifs is 1. The molecule has 1 aromatic rings. The Morgan fingerprint density at radius 1 is 1.29 bits per heavy atom. The van der Waals surface area contributed by atoms with E-state index in [4.69, 9.17) is 0 Å². The first-order valence-electron chi connectivity index (χ1n) is 7.11. The molecular weight excluding hydrogens is 206 g/mol. The van der Waals surface area contributed by atoms with Gasteiger partial charge in [-0.2, -0.15) is 0 Å². The van der Waals surface area contributed by atoms with E-state index in [0.717, 1.165) is 5.92 Å². The Kier molecular flexibility index (Phi) is 2.96. The first-order chi connectivity index (χ1) is 8.33. The molecule has 1 saturated carbocycles. The maximum Gasteiger partial charge on any atom is 0.00236 e. The molecule has 0 saturated heterocycles. The SMILES string of the molecule is CCCC1(CNCC2Cc3ccccc32)CC1. The van der Waals surface area contributed by atoms with Crippen molar-refractivity contribution in [2.24, 2.45) is 5.41 Å². The summed E-state index contributed by atoms with van der Waals surface area (Å²) in [5.74, 6) is 0.781. The van der Waals surface area contributed by atoms with Crippen LogP contribution >= 0.6 is 0 Å². The van der Waals surface area contributed by atoms with E-state index in [1.54, 1.807) is 11.1 Å². The molecular formula is C16H23N. The second kappa shape index (κ2) is 4.45. The van der Waals surface area contributed by atoms with Crippen molar-refractivity contribution in [3.8, 4) is 0 Å². The zero-order valence-corrected chi connectivity index (χ0v) is 10.8. The van der Waals surface area contributed by atoms with Crippen LogP contribution in [0.3, 0.4) is 0 Å². The van der Waals surface area contributed by atoms with Crippen LogP contribution in [0.1, 0.15) is 49.7 Å². The molecule has 1 nitrogen and oxygen atoms in total. The number of benzene rings is 1. The highest BCUT2D eigenvalue weighted by atomic mass is 14.9. The summed E-state index contributed by atoms with van der Waals surface area (Å²) in [6, 6.07) is 8.89. The van der Waals surface area contributed by atoms with Gasteiger partial charge in [0.15, 0.2) is 0 Å². The molecule has 1 fully saturated rings. The molecule has 1 N–H and O–H groups in total. The highest BCUT2D eigenvalue weighted by Gasteiger charge is 2.41. The van der Waals surface area contributed by atoms with Gasteiger partial charge in [-0.25, -0.2) is 0 Å². The van der Waals surface area contributed by atoms with Crippen LogP contribution in [0.4, 0.5) is 0 Å². The molecule has 1 heteroatoms. The second-order valence-electron chi connectivity index (χ2n) is 5.98. The first kappa shape index (κ1) is 11.3. The van der Waals surface area contributed by atoms with Crippen LogP contribution in [-0.2, 0) is 6.42 Å². The summed E-state index contributed by atoms with van der Waals surface area (Å²) < 4.78 is 0. The van der Waals surface area contributed by atoms with Crippen LogP contribution in [0.2, 0.25) is 0 Å². The van der Waals surface area contributed by atoms with Crippen LogP contribution in [-0.4, -0.2) is 13.1 Å². The lowest BCUT2D eigenvalue weighted by atomic mass is 9.77. The predicted molar refractivity (Wildman–Crippen MR) is 72.3 cm³/mol. The summed E-state index contributed by atoms with van der Waals surface area (Å²) in [6.07, 6.45) is 6.95. The summed E-state index contributed by atoms with van der Waals surface area (Å²) in [4.78, 5) is 0. The Balaban J connectivity index is 1.45. The lowest BCUT2D eigenvalue weighted by Gasteiger charge is -2.31. The summed E-state index contributed by atoms with van der Waals surface area (Å²) in [6.45, 7) is 4.74. The van der Waals surface area contributed by atoms with Gasteiger partial charge >= 0.3 is 0 Å². The molecule has 92 valence electrons. The molecule has 3 rings (SSSR count). The van der Waals surface area contributed by atoms with Crippen molar-refractivity contribution in [3.63, 3.8) is 0 Å². The van der Waals surface area contributed by atoms with E-state index >= 15 is 0 Å². The number of hydrogen-bond donors (Lipinski definition) is 1. The third kappa shape index (κ3) is 2.26. The second-order valence-corrected chi connectivity index (χ2v) is 5.98. The van der Waals surface area contributed by atoms with Crippen molar-refractivity contribution < 1.29 is 0 Å². The van der Waals surface area contributed by atoms with Crippen LogP contribution < -0.4 is 5.32 Å². The number of nitrogens with one attached hydrogen (secondary N) is 1. The molecule has 1 atom stereocenters. The van der Waals surface area contributed by atoms with Gasteiger partial charge in [0, 0.05) is 19.0 Å². The Labute approximate surface area is 105 Å². The molecule has 0 bridgehead atoms. The quantitative estimate of drug-likeness (QED) is 0.787. The Bertz CT molecular complexity index is 392. The Hall–Kier alpha value is -0.820. The van der Waals surface area contributed by atoms with E-state index in [1.807, 2.05) is 0 Å². The Morgan fingerprint density at radius 3 is 2.82 bits per heavy atom. The van der Waals surface area contributed by atoms with Gasteiger partial charge in [-0.1, -0.05) is 37.6 Å². The van der Waals surface area contributed by atoms with Gasteiger partial charge in [0.1, 0.15) is 0 Å². The topological polar surface area (TPSA) is 12.0 Å². The summed E-state index contributed by atoms with van der Waals surface area (Å²) >= 11 is 0. The van der Waals surface area contributed by atoms with Crippen molar-refractivity contribution in [1.82, 2.24) is 5.32 Å². The van der Waals surface area contributed by atoms with Crippen molar-refractivity contribution >= 4 is 0 Å². The van der Waals surface area contributed by atoms with Gasteiger partial charge in [0.2, 0.25) is 0 Å². The highest BCUT2D eigenvalue weighted by molar-refractivity contribution is 5.40. The zero-order chi connectivity index (χ0) is 11.7. The van der Waals surface area contributed by atoms with Gasteiger partial charge in [-0.3, -0.25) is 0 Å². The van der Waals surface area contributed by atoms with E-state index in [1.165, 1.54) is 45.2 Å². The minimum atomic E-state index is 0.692. The van der Waals surface area contributed by atoms with Crippen LogP contribution in [0.5, 0.6) is 0 Å². The lowest BCUT2D eigenvalue weighted by Crippen LogP contribution is -2.32. The van der Waals surface area contributed by atoms with Gasteiger partial charge in [0.25, 0.3) is 0 Å². The van der Waals surface area contributed by atoms with Crippen LogP contribution in [0.15, 0.2) is 24.3 Å². The summed E-state index contributed by atoms with van der Waals surface area (Å²) in [5, 5.41) is 3.72. The molecule has 0 spiro atoms. The smallest absolute Gasteiger partial charge is 0.00236 e. The maximum absolute atomic E-state index is 3.72. The van der Waals surface area contributed by atoms with E-state index < -0.39 is 0 Å². The number of hydrogen-bond acceptors (Lipinski definition) is 1. The minimum absolute atomic E-state index is 0.692. The molecule has 1 aromatic carbocycles. The van der Waals surface area contributed by atoms with E-state index in [-0.39, 0.29) is 0 Å². The van der Waals surface area contributed by atoms with Gasteiger partial charge < -0.3 is 5.32 Å². The van der Waals surface area contributed by atoms with Crippen molar-refractivity contribution in [2.75, 3.05) is 13.1 Å². The fourth-order valence-electron chi connectivity index (χ4n) is 3.28. The normalized spacial score (nSPS) is 23.9. The van der Waals surface area contributed by atoms with E-state index in [2.05, 4.69) is 36.5 Å². The van der Waals surface area contributed by atoms with Crippen molar-refractivity contribution in [3.05, 3.63) is 35.4 Å². The molecule has 2 aliphatic rings. The molecule has 0 amide bonds. The molecule has 1 unspecified atom stereocenters. The molecule has 0 aromatic heterocycles. The highest BCUT2D eigenvalue weighted by Crippen LogP contribution is 2.49. The maximum atomic E-state index is 3.72. The summed E-state index contributed by atoms with van der Waals surface area (Å²) in [5.41, 5.74) is 3.84. The van der Waals surface area contributed by atoms with E-state index in [9.17, 15) is 0 Å². The van der Waals surface area contributed by atoms with E-state index in [0.29, 0.717) is 5.41 Å². The van der Waals surface area contributed by atoms with Gasteiger partial charge in [0.05, 0.1) is 0 Å². The average Bonchev–Trinajstić information content (AvgIpc) is 3.06. The molecule has 17 heavy (non-hydrogen) atoms. The largest absolute Gasteiger partial charge is 0.316 e. The minimum Gasteiger partial charge on any atom is -0.316 e. The number of rotatable bonds is 6. The fraction of sp³-hybridized carbons (Fsp3) is 0.625. The van der Waals surface area contributed by atoms with Gasteiger partial charge in [-0.15, -0.1) is 0 Å². The third-order valence-corrected chi connectivity index (χ3v) is 4.59.